The number of nitrogens with one attached hydrogen (secondary N) is 2. The molecule has 0 aromatic heterocycles. The zero-order valence-corrected chi connectivity index (χ0v) is 15.7. The summed E-state index contributed by atoms with van der Waals surface area (Å²) in [6.07, 6.45) is 0.777. The molecule has 1 amide bonds. The third-order valence-electron chi connectivity index (χ3n) is 3.65. The molecule has 0 radical (unpaired) electrons. The van der Waals surface area contributed by atoms with E-state index in [0.717, 1.165) is 12.1 Å². The van der Waals surface area contributed by atoms with Gasteiger partial charge in [0.15, 0.2) is 0 Å². The molecule has 0 aliphatic carbocycles. The topological polar surface area (TPSA) is 85.9 Å². The number of hydrogen-bond donors (Lipinski definition) is 2. The van der Waals surface area contributed by atoms with Crippen molar-refractivity contribution in [2.45, 2.75) is 13.3 Å². The van der Waals surface area contributed by atoms with Crippen LogP contribution in [0.15, 0.2) is 42.5 Å². The first kappa shape index (κ1) is 20.1. The number of rotatable bonds is 9. The van der Waals surface area contributed by atoms with E-state index in [0.29, 0.717) is 29.4 Å². The minimum Gasteiger partial charge on any atom is -0.497 e. The van der Waals surface area contributed by atoms with Crippen molar-refractivity contribution in [1.29, 1.82) is 0 Å². The standard InChI is InChI=1S/C20H24N2O5/c1-4-9-27-20(24)14-5-7-15(8-6-14)21-13-19(23)22-16-10-17(25-2)12-18(11-16)26-3/h5-8,10-12,21H,4,9,13H2,1-3H3,(H,22,23). The second-order valence-corrected chi connectivity index (χ2v) is 5.72. The van der Waals surface area contributed by atoms with Gasteiger partial charge in [0, 0.05) is 29.6 Å². The third-order valence-corrected chi connectivity index (χ3v) is 3.65. The minimum absolute atomic E-state index is 0.0686. The normalized spacial score (nSPS) is 10.0. The number of carbonyl (C=O) groups is 2. The highest BCUT2D eigenvalue weighted by molar-refractivity contribution is 5.94. The van der Waals surface area contributed by atoms with Gasteiger partial charge in [-0.2, -0.15) is 0 Å². The number of carbonyl (C=O) groups excluding carboxylic acids is 2. The molecular formula is C20H24N2O5. The summed E-state index contributed by atoms with van der Waals surface area (Å²) in [5.74, 6) is 0.594. The van der Waals surface area contributed by atoms with E-state index in [4.69, 9.17) is 14.2 Å². The molecule has 0 spiro atoms. The summed E-state index contributed by atoms with van der Waals surface area (Å²) in [4.78, 5) is 23.9. The van der Waals surface area contributed by atoms with Gasteiger partial charge in [0.25, 0.3) is 0 Å². The first-order chi connectivity index (χ1) is 13.0. The number of ether oxygens (including phenoxy) is 3. The molecule has 0 unspecified atom stereocenters. The maximum Gasteiger partial charge on any atom is 0.338 e. The predicted molar refractivity (Wildman–Crippen MR) is 104 cm³/mol. The maximum atomic E-state index is 12.1. The smallest absolute Gasteiger partial charge is 0.338 e. The molecule has 2 aromatic rings. The summed E-state index contributed by atoms with van der Waals surface area (Å²) >= 11 is 0. The van der Waals surface area contributed by atoms with Crippen LogP contribution in [-0.2, 0) is 9.53 Å². The highest BCUT2D eigenvalue weighted by Crippen LogP contribution is 2.25. The minimum atomic E-state index is -0.354. The van der Waals surface area contributed by atoms with Gasteiger partial charge in [-0.25, -0.2) is 4.79 Å². The van der Waals surface area contributed by atoms with Gasteiger partial charge in [-0.05, 0) is 30.7 Å². The van der Waals surface area contributed by atoms with Gasteiger partial charge in [0.1, 0.15) is 11.5 Å². The molecule has 144 valence electrons. The Labute approximate surface area is 158 Å². The second kappa shape index (κ2) is 10.1. The molecule has 7 heteroatoms. The lowest BCUT2D eigenvalue weighted by molar-refractivity contribution is -0.114. The highest BCUT2D eigenvalue weighted by atomic mass is 16.5. The highest BCUT2D eigenvalue weighted by Gasteiger charge is 2.08. The molecule has 27 heavy (non-hydrogen) atoms. The molecule has 2 rings (SSSR count). The van der Waals surface area contributed by atoms with Crippen LogP contribution in [0.1, 0.15) is 23.7 Å². The summed E-state index contributed by atoms with van der Waals surface area (Å²) in [5, 5.41) is 5.78. The van der Waals surface area contributed by atoms with Crippen molar-refractivity contribution in [1.82, 2.24) is 0 Å². The summed E-state index contributed by atoms with van der Waals surface area (Å²) in [7, 11) is 3.09. The van der Waals surface area contributed by atoms with Gasteiger partial charge in [-0.15, -0.1) is 0 Å². The van der Waals surface area contributed by atoms with Crippen LogP contribution in [0.5, 0.6) is 11.5 Å². The van der Waals surface area contributed by atoms with Crippen molar-refractivity contribution in [3.05, 3.63) is 48.0 Å². The number of anilines is 2. The van der Waals surface area contributed by atoms with Gasteiger partial charge in [-0.1, -0.05) is 6.92 Å². The van der Waals surface area contributed by atoms with E-state index < -0.39 is 0 Å². The predicted octanol–water partition coefficient (Wildman–Crippen LogP) is 3.32. The summed E-state index contributed by atoms with van der Waals surface area (Å²) < 4.78 is 15.4. The Bertz CT molecular complexity index is 752. The maximum absolute atomic E-state index is 12.1. The first-order valence-electron chi connectivity index (χ1n) is 8.59. The number of esters is 1. The lowest BCUT2D eigenvalue weighted by atomic mass is 10.2. The van der Waals surface area contributed by atoms with E-state index in [-0.39, 0.29) is 18.4 Å². The Morgan fingerprint density at radius 2 is 1.56 bits per heavy atom. The van der Waals surface area contributed by atoms with Gasteiger partial charge < -0.3 is 24.8 Å². The Morgan fingerprint density at radius 3 is 2.11 bits per heavy atom. The van der Waals surface area contributed by atoms with Crippen molar-refractivity contribution in [3.8, 4) is 11.5 Å². The summed E-state index contributed by atoms with van der Waals surface area (Å²) in [6.45, 7) is 2.40. The molecule has 0 saturated heterocycles. The zero-order chi connectivity index (χ0) is 19.6. The summed E-state index contributed by atoms with van der Waals surface area (Å²) in [5.41, 5.74) is 1.77. The van der Waals surface area contributed by atoms with Crippen molar-refractivity contribution >= 4 is 23.3 Å². The lowest BCUT2D eigenvalue weighted by Gasteiger charge is -2.11. The van der Waals surface area contributed by atoms with E-state index >= 15 is 0 Å². The van der Waals surface area contributed by atoms with Gasteiger partial charge >= 0.3 is 5.97 Å². The van der Waals surface area contributed by atoms with Crippen LogP contribution >= 0.6 is 0 Å². The third kappa shape index (κ3) is 6.22. The van der Waals surface area contributed by atoms with E-state index in [1.807, 2.05) is 6.92 Å². The quantitative estimate of drug-likeness (QED) is 0.657. The Balaban J connectivity index is 1.89. The fourth-order valence-electron chi connectivity index (χ4n) is 2.27. The zero-order valence-electron chi connectivity index (χ0n) is 15.7. The molecule has 0 fully saturated rings. The lowest BCUT2D eigenvalue weighted by Crippen LogP contribution is -2.21. The van der Waals surface area contributed by atoms with Crippen molar-refractivity contribution in [2.75, 3.05) is 38.0 Å². The number of benzene rings is 2. The van der Waals surface area contributed by atoms with Gasteiger partial charge in [0.2, 0.25) is 5.91 Å². The molecule has 7 nitrogen and oxygen atoms in total. The van der Waals surface area contributed by atoms with E-state index in [1.54, 1.807) is 56.7 Å². The SMILES string of the molecule is CCCOC(=O)c1ccc(NCC(=O)Nc2cc(OC)cc(OC)c2)cc1. The molecule has 0 bridgehead atoms. The van der Waals surface area contributed by atoms with E-state index in [2.05, 4.69) is 10.6 Å². The molecule has 0 saturated carbocycles. The van der Waals surface area contributed by atoms with Crippen LogP contribution in [-0.4, -0.2) is 39.2 Å². The fraction of sp³-hybridized carbons (Fsp3) is 0.300. The fourth-order valence-corrected chi connectivity index (χ4v) is 2.27. The monoisotopic (exact) mass is 372 g/mol. The van der Waals surface area contributed by atoms with Gasteiger partial charge in [0.05, 0.1) is 32.9 Å². The molecular weight excluding hydrogens is 348 g/mol. The molecule has 2 N–H and O–H groups in total. The largest absolute Gasteiger partial charge is 0.497 e. The average molecular weight is 372 g/mol. The Hall–Kier alpha value is -3.22. The van der Waals surface area contributed by atoms with Crippen LogP contribution in [0.25, 0.3) is 0 Å². The van der Waals surface area contributed by atoms with Crippen LogP contribution in [0.3, 0.4) is 0 Å². The van der Waals surface area contributed by atoms with Crippen molar-refractivity contribution in [2.24, 2.45) is 0 Å². The molecule has 0 heterocycles. The molecule has 0 aliphatic heterocycles. The van der Waals surface area contributed by atoms with Crippen LogP contribution in [0, 0.1) is 0 Å². The molecule has 0 atom stereocenters. The van der Waals surface area contributed by atoms with Crippen LogP contribution in [0.2, 0.25) is 0 Å². The van der Waals surface area contributed by atoms with Crippen LogP contribution in [0.4, 0.5) is 11.4 Å². The average Bonchev–Trinajstić information content (AvgIpc) is 2.70. The second-order valence-electron chi connectivity index (χ2n) is 5.72. The Kier molecular flexibility index (Phi) is 7.49. The van der Waals surface area contributed by atoms with Crippen molar-refractivity contribution in [3.63, 3.8) is 0 Å². The summed E-state index contributed by atoms with van der Waals surface area (Å²) in [6, 6.07) is 11.9. The molecule has 2 aromatic carbocycles. The van der Waals surface area contributed by atoms with Gasteiger partial charge in [-0.3, -0.25) is 4.79 Å². The Morgan fingerprint density at radius 1 is 0.926 bits per heavy atom. The van der Waals surface area contributed by atoms with Crippen molar-refractivity contribution < 1.29 is 23.8 Å². The van der Waals surface area contributed by atoms with E-state index in [1.165, 1.54) is 0 Å². The molecule has 0 aliphatic rings. The number of amides is 1. The van der Waals surface area contributed by atoms with Crippen LogP contribution < -0.4 is 20.1 Å². The number of methoxy groups -OCH3 is 2. The first-order valence-corrected chi connectivity index (χ1v) is 8.59. The van der Waals surface area contributed by atoms with E-state index in [9.17, 15) is 9.59 Å². The number of hydrogen-bond acceptors (Lipinski definition) is 6.